The second kappa shape index (κ2) is 7.06. The Morgan fingerprint density at radius 1 is 1.00 bits per heavy atom. The van der Waals surface area contributed by atoms with Gasteiger partial charge in [-0.2, -0.15) is 23.3 Å². The first kappa shape index (κ1) is 16.7. The number of nitrogens with zero attached hydrogens (tertiary/aromatic N) is 3. The number of hydrogen-bond donors (Lipinski definition) is 0. The maximum atomic E-state index is 12.4. The zero-order valence-corrected chi connectivity index (χ0v) is 13.3. The predicted molar refractivity (Wildman–Crippen MR) is 86.3 cm³/mol. The summed E-state index contributed by atoms with van der Waals surface area (Å²) in [7, 11) is -4.06. The molecular formula is C16H10ClN3O2S. The van der Waals surface area contributed by atoms with Gasteiger partial charge in [0.05, 0.1) is 22.7 Å². The largest absolute Gasteiger partial charge is 0.282 e. The molecule has 0 atom stereocenters. The summed E-state index contributed by atoms with van der Waals surface area (Å²) in [5, 5.41) is 18.6. The SMILES string of the molecule is N#CC(C#N)/C(=N\S(=O)(=O)c1ccc(Cl)cc1)c1ccccc1. The van der Waals surface area contributed by atoms with Crippen LogP contribution in [0, 0.1) is 28.6 Å². The van der Waals surface area contributed by atoms with Crippen molar-refractivity contribution in [1.29, 1.82) is 10.5 Å². The smallest absolute Gasteiger partial charge is 0.199 e. The van der Waals surface area contributed by atoms with Crippen LogP contribution in [0.4, 0.5) is 0 Å². The zero-order valence-electron chi connectivity index (χ0n) is 11.7. The highest BCUT2D eigenvalue weighted by molar-refractivity contribution is 7.90. The maximum Gasteiger partial charge on any atom is 0.282 e. The van der Waals surface area contributed by atoms with Gasteiger partial charge in [0.15, 0.2) is 5.92 Å². The van der Waals surface area contributed by atoms with Gasteiger partial charge < -0.3 is 0 Å². The van der Waals surface area contributed by atoms with Crippen molar-refractivity contribution < 1.29 is 8.42 Å². The zero-order chi connectivity index (χ0) is 16.9. The average molecular weight is 344 g/mol. The van der Waals surface area contributed by atoms with E-state index in [1.165, 1.54) is 24.3 Å². The lowest BCUT2D eigenvalue weighted by atomic mass is 9.99. The molecule has 0 aliphatic carbocycles. The maximum absolute atomic E-state index is 12.4. The van der Waals surface area contributed by atoms with E-state index >= 15 is 0 Å². The van der Waals surface area contributed by atoms with Crippen molar-refractivity contribution >= 4 is 27.3 Å². The fraction of sp³-hybridized carbons (Fsp3) is 0.0625. The summed E-state index contributed by atoms with van der Waals surface area (Å²) in [4.78, 5) is -0.0649. The lowest BCUT2D eigenvalue weighted by Gasteiger charge is -2.07. The Labute approximate surface area is 139 Å². The Hall–Kier alpha value is -2.67. The van der Waals surface area contributed by atoms with Crippen LogP contribution in [0.15, 0.2) is 63.9 Å². The number of nitriles is 2. The Balaban J connectivity index is 2.59. The molecule has 7 heteroatoms. The monoisotopic (exact) mass is 343 g/mol. The minimum absolute atomic E-state index is 0.0649. The molecule has 0 spiro atoms. The summed E-state index contributed by atoms with van der Waals surface area (Å²) in [6.45, 7) is 0. The van der Waals surface area contributed by atoms with Crippen LogP contribution in [0.2, 0.25) is 5.02 Å². The van der Waals surface area contributed by atoms with E-state index in [1.54, 1.807) is 42.5 Å². The molecule has 23 heavy (non-hydrogen) atoms. The van der Waals surface area contributed by atoms with Crippen molar-refractivity contribution in [2.75, 3.05) is 0 Å². The Morgan fingerprint density at radius 3 is 2.09 bits per heavy atom. The van der Waals surface area contributed by atoms with Gasteiger partial charge in [-0.05, 0) is 29.8 Å². The molecule has 0 fully saturated rings. The van der Waals surface area contributed by atoms with Crippen LogP contribution in [0.5, 0.6) is 0 Å². The van der Waals surface area contributed by atoms with Crippen molar-refractivity contribution in [3.05, 3.63) is 65.2 Å². The Kier molecular flexibility index (Phi) is 5.13. The van der Waals surface area contributed by atoms with Crippen LogP contribution < -0.4 is 0 Å². The van der Waals surface area contributed by atoms with Crippen molar-refractivity contribution in [2.45, 2.75) is 4.90 Å². The lowest BCUT2D eigenvalue weighted by Crippen LogP contribution is -2.15. The minimum Gasteiger partial charge on any atom is -0.199 e. The third-order valence-electron chi connectivity index (χ3n) is 2.93. The molecular weight excluding hydrogens is 334 g/mol. The number of sulfonamides is 1. The van der Waals surface area contributed by atoms with Gasteiger partial charge in [-0.1, -0.05) is 41.9 Å². The molecule has 0 saturated heterocycles. The molecule has 0 aliphatic heterocycles. The highest BCUT2D eigenvalue weighted by Crippen LogP contribution is 2.19. The normalized spacial score (nSPS) is 11.7. The summed E-state index contributed by atoms with van der Waals surface area (Å²) >= 11 is 5.74. The lowest BCUT2D eigenvalue weighted by molar-refractivity contribution is 0.598. The van der Waals surface area contributed by atoms with Crippen LogP contribution in [-0.4, -0.2) is 14.1 Å². The van der Waals surface area contributed by atoms with Crippen LogP contribution in [0.1, 0.15) is 5.56 Å². The molecule has 0 heterocycles. The van der Waals surface area contributed by atoms with Gasteiger partial charge in [-0.3, -0.25) is 0 Å². The summed E-state index contributed by atoms with van der Waals surface area (Å²) in [5.41, 5.74) is 0.295. The molecule has 0 aromatic heterocycles. The molecule has 2 rings (SSSR count). The first-order valence-corrected chi connectivity index (χ1v) is 8.25. The van der Waals surface area contributed by atoms with E-state index < -0.39 is 15.9 Å². The topological polar surface area (TPSA) is 94.1 Å². The van der Waals surface area contributed by atoms with Gasteiger partial charge in [-0.25, -0.2) is 0 Å². The molecule has 0 radical (unpaired) electrons. The second-order valence-electron chi connectivity index (χ2n) is 4.46. The molecule has 0 aliphatic rings. The molecule has 0 bridgehead atoms. The van der Waals surface area contributed by atoms with Gasteiger partial charge in [0.25, 0.3) is 10.0 Å². The molecule has 0 saturated carbocycles. The number of rotatable bonds is 4. The first-order valence-electron chi connectivity index (χ1n) is 6.43. The van der Waals surface area contributed by atoms with Crippen LogP contribution >= 0.6 is 11.6 Å². The highest BCUT2D eigenvalue weighted by atomic mass is 35.5. The summed E-state index contributed by atoms with van der Waals surface area (Å²) in [6, 6.07) is 17.3. The van der Waals surface area contributed by atoms with Gasteiger partial charge >= 0.3 is 0 Å². The fourth-order valence-corrected chi connectivity index (χ4v) is 3.00. The predicted octanol–water partition coefficient (Wildman–Crippen LogP) is 3.18. The van der Waals surface area contributed by atoms with Gasteiger partial charge in [-0.15, -0.1) is 0 Å². The van der Waals surface area contributed by atoms with Crippen molar-refractivity contribution in [3.8, 4) is 12.1 Å². The quantitative estimate of drug-likeness (QED) is 0.796. The van der Waals surface area contributed by atoms with Crippen LogP contribution in [-0.2, 0) is 10.0 Å². The minimum atomic E-state index is -4.06. The highest BCUT2D eigenvalue weighted by Gasteiger charge is 2.22. The van der Waals surface area contributed by atoms with E-state index in [1.807, 2.05) is 0 Å². The molecule has 0 unspecified atom stereocenters. The van der Waals surface area contributed by atoms with E-state index in [0.29, 0.717) is 10.6 Å². The van der Waals surface area contributed by atoms with E-state index in [4.69, 9.17) is 22.1 Å². The molecule has 5 nitrogen and oxygen atoms in total. The third-order valence-corrected chi connectivity index (χ3v) is 4.49. The van der Waals surface area contributed by atoms with Crippen molar-refractivity contribution in [1.82, 2.24) is 0 Å². The van der Waals surface area contributed by atoms with E-state index in [-0.39, 0.29) is 10.6 Å². The first-order chi connectivity index (χ1) is 11.0. The van der Waals surface area contributed by atoms with Crippen LogP contribution in [0.25, 0.3) is 0 Å². The van der Waals surface area contributed by atoms with E-state index in [0.717, 1.165) is 0 Å². The molecule has 0 amide bonds. The van der Waals surface area contributed by atoms with Gasteiger partial charge in [0.1, 0.15) is 0 Å². The van der Waals surface area contributed by atoms with E-state index in [2.05, 4.69) is 4.40 Å². The number of halogens is 1. The fourth-order valence-electron chi connectivity index (χ4n) is 1.82. The van der Waals surface area contributed by atoms with Crippen LogP contribution in [0.3, 0.4) is 0 Å². The average Bonchev–Trinajstić information content (AvgIpc) is 2.56. The van der Waals surface area contributed by atoms with Gasteiger partial charge in [0.2, 0.25) is 0 Å². The summed E-state index contributed by atoms with van der Waals surface area (Å²) in [5.74, 6) is -1.29. The molecule has 114 valence electrons. The standard InChI is InChI=1S/C16H10ClN3O2S/c17-14-6-8-15(9-7-14)23(21,22)20-16(13(10-18)11-19)12-4-2-1-3-5-12/h1-9,13H/b20-16-. The van der Waals surface area contributed by atoms with Gasteiger partial charge in [0, 0.05) is 5.02 Å². The number of hydrogen-bond acceptors (Lipinski definition) is 4. The molecule has 2 aromatic carbocycles. The molecule has 2 aromatic rings. The number of benzene rings is 2. The van der Waals surface area contributed by atoms with E-state index in [9.17, 15) is 8.42 Å². The molecule has 0 N–H and O–H groups in total. The van der Waals surface area contributed by atoms with Crippen molar-refractivity contribution in [2.24, 2.45) is 10.3 Å². The van der Waals surface area contributed by atoms with Crippen molar-refractivity contribution in [3.63, 3.8) is 0 Å². The second-order valence-corrected chi connectivity index (χ2v) is 6.50. The Bertz CT molecular complexity index is 895. The Morgan fingerprint density at radius 2 is 1.57 bits per heavy atom. The third kappa shape index (κ3) is 3.95. The summed E-state index contributed by atoms with van der Waals surface area (Å²) < 4.78 is 28.5. The summed E-state index contributed by atoms with van der Waals surface area (Å²) in [6.07, 6.45) is 0.